The fourth-order valence-corrected chi connectivity index (χ4v) is 4.36. The third kappa shape index (κ3) is 4.75. The lowest BCUT2D eigenvalue weighted by Crippen LogP contribution is -2.49. The second-order valence-corrected chi connectivity index (χ2v) is 8.34. The predicted octanol–water partition coefficient (Wildman–Crippen LogP) is 2.46. The number of hydrogen-bond donors (Lipinski definition) is 0. The van der Waals surface area contributed by atoms with E-state index in [1.165, 1.54) is 16.4 Å². The highest BCUT2D eigenvalue weighted by Gasteiger charge is 2.31. The number of hydrogen-bond acceptors (Lipinski definition) is 5. The second-order valence-electron chi connectivity index (χ2n) is 6.37. The van der Waals surface area contributed by atoms with Crippen molar-refractivity contribution in [2.75, 3.05) is 31.1 Å². The summed E-state index contributed by atoms with van der Waals surface area (Å²) in [7, 11) is -3.61. The van der Waals surface area contributed by atoms with Gasteiger partial charge in [0.05, 0.1) is 17.0 Å². The number of sulfonamides is 1. The van der Waals surface area contributed by atoms with Crippen LogP contribution in [0, 0.1) is 6.92 Å². The Morgan fingerprint density at radius 3 is 2.11 bits per heavy atom. The van der Waals surface area contributed by atoms with Crippen molar-refractivity contribution in [3.63, 3.8) is 0 Å². The summed E-state index contributed by atoms with van der Waals surface area (Å²) >= 11 is 0. The van der Waals surface area contributed by atoms with Crippen LogP contribution in [0.4, 0.5) is 19.0 Å². The van der Waals surface area contributed by atoms with Crippen LogP contribution in [0.5, 0.6) is 0 Å². The SMILES string of the molecule is Cc1ccc(N2CCN(S(=O)(=O)Cc3ccc(C(F)(F)F)cc3)CC2)nn1. The first-order valence-electron chi connectivity index (χ1n) is 8.34. The molecule has 6 nitrogen and oxygen atoms in total. The highest BCUT2D eigenvalue weighted by atomic mass is 32.2. The molecule has 1 aromatic heterocycles. The fourth-order valence-electron chi connectivity index (χ4n) is 2.85. The quantitative estimate of drug-likeness (QED) is 0.789. The number of anilines is 1. The van der Waals surface area contributed by atoms with E-state index in [1.807, 2.05) is 24.0 Å². The average molecular weight is 400 g/mol. The topological polar surface area (TPSA) is 66.4 Å². The van der Waals surface area contributed by atoms with Gasteiger partial charge in [-0.1, -0.05) is 12.1 Å². The minimum Gasteiger partial charge on any atom is -0.352 e. The molecule has 1 saturated heterocycles. The molecule has 146 valence electrons. The molecule has 0 saturated carbocycles. The lowest BCUT2D eigenvalue weighted by atomic mass is 10.1. The Balaban J connectivity index is 1.62. The Morgan fingerprint density at radius 2 is 1.59 bits per heavy atom. The molecule has 2 heterocycles. The Kier molecular flexibility index (Phi) is 5.38. The molecule has 0 atom stereocenters. The van der Waals surface area contributed by atoms with Gasteiger partial charge in [-0.15, -0.1) is 5.10 Å². The van der Waals surface area contributed by atoms with E-state index in [0.29, 0.717) is 37.6 Å². The molecule has 10 heteroatoms. The zero-order valence-corrected chi connectivity index (χ0v) is 15.5. The normalized spacial score (nSPS) is 16.5. The third-order valence-electron chi connectivity index (χ3n) is 4.37. The van der Waals surface area contributed by atoms with Crippen LogP contribution in [0.15, 0.2) is 36.4 Å². The van der Waals surface area contributed by atoms with Gasteiger partial charge in [0.15, 0.2) is 5.82 Å². The largest absolute Gasteiger partial charge is 0.416 e. The molecule has 1 aliphatic rings. The van der Waals surface area contributed by atoms with Crippen molar-refractivity contribution < 1.29 is 21.6 Å². The lowest BCUT2D eigenvalue weighted by Gasteiger charge is -2.34. The number of rotatable bonds is 4. The standard InChI is InChI=1S/C17H19F3N4O2S/c1-13-2-7-16(22-21-13)23-8-10-24(11-9-23)27(25,26)12-14-3-5-15(6-4-14)17(18,19)20/h2-7H,8-12H2,1H3. The van der Waals surface area contributed by atoms with Crippen molar-refractivity contribution in [2.24, 2.45) is 0 Å². The van der Waals surface area contributed by atoms with Crippen molar-refractivity contribution in [3.8, 4) is 0 Å². The first kappa shape index (κ1) is 19.6. The number of aryl methyl sites for hydroxylation is 1. The van der Waals surface area contributed by atoms with E-state index in [4.69, 9.17) is 0 Å². The molecule has 0 bridgehead atoms. The van der Waals surface area contributed by atoms with Gasteiger partial charge in [-0.25, -0.2) is 8.42 Å². The molecule has 0 aliphatic carbocycles. The van der Waals surface area contributed by atoms with Gasteiger partial charge in [-0.05, 0) is 36.8 Å². The number of piperazine rings is 1. The van der Waals surface area contributed by atoms with Gasteiger partial charge in [-0.2, -0.15) is 22.6 Å². The molecule has 0 N–H and O–H groups in total. The van der Waals surface area contributed by atoms with E-state index in [1.54, 1.807) is 0 Å². The van der Waals surface area contributed by atoms with E-state index < -0.39 is 21.8 Å². The van der Waals surface area contributed by atoms with E-state index in [0.717, 1.165) is 17.8 Å². The lowest BCUT2D eigenvalue weighted by molar-refractivity contribution is -0.137. The first-order chi connectivity index (χ1) is 12.6. The van der Waals surface area contributed by atoms with Crippen molar-refractivity contribution in [1.82, 2.24) is 14.5 Å². The Morgan fingerprint density at radius 1 is 0.963 bits per heavy atom. The molecular weight excluding hydrogens is 381 g/mol. The second kappa shape index (κ2) is 7.43. The summed E-state index contributed by atoms with van der Waals surface area (Å²) in [5, 5.41) is 8.10. The van der Waals surface area contributed by atoms with Crippen LogP contribution in [-0.4, -0.2) is 49.1 Å². The zero-order valence-electron chi connectivity index (χ0n) is 14.6. The summed E-state index contributed by atoms with van der Waals surface area (Å²) in [4.78, 5) is 1.95. The smallest absolute Gasteiger partial charge is 0.352 e. The molecule has 3 rings (SSSR count). The molecule has 0 unspecified atom stereocenters. The number of alkyl halides is 3. The minimum atomic E-state index is -4.44. The van der Waals surface area contributed by atoms with Crippen LogP contribution in [0.25, 0.3) is 0 Å². The van der Waals surface area contributed by atoms with Gasteiger partial charge in [0, 0.05) is 26.2 Å². The summed E-state index contributed by atoms with van der Waals surface area (Å²) < 4.78 is 64.3. The van der Waals surface area contributed by atoms with Gasteiger partial charge >= 0.3 is 6.18 Å². The van der Waals surface area contributed by atoms with Crippen molar-refractivity contribution in [1.29, 1.82) is 0 Å². The average Bonchev–Trinajstić information content (AvgIpc) is 2.62. The number of aromatic nitrogens is 2. The van der Waals surface area contributed by atoms with Crippen LogP contribution in [0.3, 0.4) is 0 Å². The monoisotopic (exact) mass is 400 g/mol. The summed E-state index contributed by atoms with van der Waals surface area (Å²) in [6, 6.07) is 7.90. The molecule has 27 heavy (non-hydrogen) atoms. The number of benzene rings is 1. The molecule has 0 spiro atoms. The molecule has 0 radical (unpaired) electrons. The molecular formula is C17H19F3N4O2S. The third-order valence-corrected chi connectivity index (χ3v) is 6.22. The van der Waals surface area contributed by atoms with Crippen molar-refractivity contribution >= 4 is 15.8 Å². The molecule has 2 aromatic rings. The minimum absolute atomic E-state index is 0.290. The maximum absolute atomic E-state index is 12.6. The van der Waals surface area contributed by atoms with E-state index in [2.05, 4.69) is 10.2 Å². The highest BCUT2D eigenvalue weighted by Crippen LogP contribution is 2.29. The van der Waals surface area contributed by atoms with Crippen LogP contribution in [-0.2, 0) is 22.0 Å². The zero-order chi connectivity index (χ0) is 19.7. The summed E-state index contributed by atoms with van der Waals surface area (Å²) in [5.74, 6) is 0.371. The van der Waals surface area contributed by atoms with E-state index >= 15 is 0 Å². The van der Waals surface area contributed by atoms with Gasteiger partial charge in [0.25, 0.3) is 0 Å². The number of halogens is 3. The predicted molar refractivity (Wildman–Crippen MR) is 94.6 cm³/mol. The molecule has 1 aromatic carbocycles. The Hall–Kier alpha value is -2.20. The van der Waals surface area contributed by atoms with Gasteiger partial charge in [-0.3, -0.25) is 0 Å². The van der Waals surface area contributed by atoms with Crippen LogP contribution in [0.2, 0.25) is 0 Å². The molecule has 0 amide bonds. The van der Waals surface area contributed by atoms with Gasteiger partial charge in [0.1, 0.15) is 0 Å². The summed E-state index contributed by atoms with van der Waals surface area (Å²) in [6.45, 7) is 3.37. The molecule has 1 aliphatic heterocycles. The summed E-state index contributed by atoms with van der Waals surface area (Å²) in [6.07, 6.45) is -4.44. The maximum Gasteiger partial charge on any atom is 0.416 e. The van der Waals surface area contributed by atoms with Crippen molar-refractivity contribution in [3.05, 3.63) is 53.2 Å². The van der Waals surface area contributed by atoms with Crippen LogP contribution in [0.1, 0.15) is 16.8 Å². The van der Waals surface area contributed by atoms with E-state index in [-0.39, 0.29) is 5.75 Å². The van der Waals surface area contributed by atoms with E-state index in [9.17, 15) is 21.6 Å². The maximum atomic E-state index is 12.6. The van der Waals surface area contributed by atoms with Crippen LogP contribution >= 0.6 is 0 Å². The Bertz CT molecular complexity index is 876. The summed E-state index contributed by atoms with van der Waals surface area (Å²) in [5.41, 5.74) is 0.336. The Labute approximate surface area is 155 Å². The first-order valence-corrected chi connectivity index (χ1v) is 9.95. The fraction of sp³-hybridized carbons (Fsp3) is 0.412. The van der Waals surface area contributed by atoms with Gasteiger partial charge in [0.2, 0.25) is 10.0 Å². The van der Waals surface area contributed by atoms with Gasteiger partial charge < -0.3 is 4.90 Å². The highest BCUT2D eigenvalue weighted by molar-refractivity contribution is 7.88. The van der Waals surface area contributed by atoms with Crippen LogP contribution < -0.4 is 4.90 Å². The van der Waals surface area contributed by atoms with Crippen molar-refractivity contribution in [2.45, 2.75) is 18.9 Å². The number of nitrogens with zero attached hydrogens (tertiary/aromatic N) is 4. The molecule has 1 fully saturated rings.